The van der Waals surface area contributed by atoms with E-state index in [4.69, 9.17) is 14.6 Å². The van der Waals surface area contributed by atoms with Gasteiger partial charge in [0.05, 0.1) is 30.3 Å². The van der Waals surface area contributed by atoms with Gasteiger partial charge in [-0.25, -0.2) is 0 Å². The lowest BCUT2D eigenvalue weighted by molar-refractivity contribution is -0.138. The van der Waals surface area contributed by atoms with Gasteiger partial charge in [0.1, 0.15) is 17.5 Å². The summed E-state index contributed by atoms with van der Waals surface area (Å²) in [5, 5.41) is 15.2. The molecule has 3 unspecified atom stereocenters. The largest absolute Gasteiger partial charge is 0.497 e. The van der Waals surface area contributed by atoms with E-state index in [9.17, 15) is 14.4 Å². The fourth-order valence-corrected chi connectivity index (χ4v) is 9.44. The summed E-state index contributed by atoms with van der Waals surface area (Å²) in [6.45, 7) is 5.17. The van der Waals surface area contributed by atoms with Crippen LogP contribution in [0.25, 0.3) is 0 Å². The van der Waals surface area contributed by atoms with E-state index in [0.29, 0.717) is 36.7 Å². The highest BCUT2D eigenvalue weighted by Gasteiger charge is 2.75. The van der Waals surface area contributed by atoms with Crippen LogP contribution in [0.5, 0.6) is 11.5 Å². The maximum atomic E-state index is 14.3. The van der Waals surface area contributed by atoms with E-state index in [0.717, 1.165) is 31.4 Å². The smallest absolute Gasteiger partial charge is 0.248 e. The molecule has 9 nitrogen and oxygen atoms in total. The van der Waals surface area contributed by atoms with Crippen LogP contribution in [0.15, 0.2) is 48.5 Å². The number of rotatable bonds is 13. The molecule has 3 N–H and O–H groups in total. The van der Waals surface area contributed by atoms with Crippen molar-refractivity contribution in [1.29, 1.82) is 0 Å². The molecule has 3 fully saturated rings. The van der Waals surface area contributed by atoms with Gasteiger partial charge >= 0.3 is 0 Å². The van der Waals surface area contributed by atoms with Crippen molar-refractivity contribution in [1.82, 2.24) is 4.90 Å². The van der Waals surface area contributed by atoms with Crippen molar-refractivity contribution in [2.75, 3.05) is 37.5 Å². The minimum atomic E-state index is -0.691. The second-order valence-electron chi connectivity index (χ2n) is 11.4. The van der Waals surface area contributed by atoms with Crippen LogP contribution in [0, 0.1) is 17.8 Å². The molecule has 0 aromatic heterocycles. The molecular weight excluding hydrogens is 554 g/mol. The summed E-state index contributed by atoms with van der Waals surface area (Å²) in [7, 11) is 1.59. The number of likely N-dealkylation sites (tertiary alicyclic amines) is 1. The molecule has 2 aromatic rings. The molecule has 3 aliphatic rings. The average molecular weight is 596 g/mol. The van der Waals surface area contributed by atoms with Gasteiger partial charge in [0.15, 0.2) is 0 Å². The summed E-state index contributed by atoms with van der Waals surface area (Å²) < 4.78 is 10.1. The second kappa shape index (κ2) is 13.0. The molecule has 3 amide bonds. The number of anilines is 2. The molecule has 0 radical (unpaired) electrons. The lowest BCUT2D eigenvalue weighted by Gasteiger charge is -2.38. The number of hydrogen-bond donors (Lipinski definition) is 3. The summed E-state index contributed by atoms with van der Waals surface area (Å²) >= 11 is 1.66. The lowest BCUT2D eigenvalue weighted by atomic mass is 9.66. The number of nitrogens with zero attached hydrogens (tertiary/aromatic N) is 1. The number of fused-ring (bicyclic) bond motifs is 1. The van der Waals surface area contributed by atoms with Crippen LogP contribution in [-0.4, -0.2) is 70.6 Å². The molecule has 3 saturated heterocycles. The molecule has 0 saturated carbocycles. The molecule has 2 bridgehead atoms. The zero-order valence-corrected chi connectivity index (χ0v) is 25.3. The molecule has 226 valence electrons. The predicted octanol–water partition coefficient (Wildman–Crippen LogP) is 4.56. The SMILES string of the molecule is CCOc1ccc(NC(=O)[C@@H]2[C@H]3C(=O)N(CCCCCCO)C(C(=O)Nc4ccc(OC)cc4)C34S[C@@H]2CC4C)cc1. The Morgan fingerprint density at radius 3 is 2.21 bits per heavy atom. The van der Waals surface area contributed by atoms with Crippen LogP contribution in [0.4, 0.5) is 11.4 Å². The van der Waals surface area contributed by atoms with E-state index >= 15 is 0 Å². The van der Waals surface area contributed by atoms with Crippen molar-refractivity contribution in [3.63, 3.8) is 0 Å². The third kappa shape index (κ3) is 5.58. The molecular formula is C32H41N3O6S. The van der Waals surface area contributed by atoms with Crippen LogP contribution < -0.4 is 20.1 Å². The van der Waals surface area contributed by atoms with Gasteiger partial charge in [0, 0.05) is 29.8 Å². The topological polar surface area (TPSA) is 117 Å². The Balaban J connectivity index is 1.41. The third-order valence-electron chi connectivity index (χ3n) is 8.89. The van der Waals surface area contributed by atoms with Crippen molar-refractivity contribution in [2.45, 2.75) is 62.0 Å². The summed E-state index contributed by atoms with van der Waals surface area (Å²) in [4.78, 5) is 43.9. The van der Waals surface area contributed by atoms with E-state index in [1.165, 1.54) is 0 Å². The number of benzene rings is 2. The van der Waals surface area contributed by atoms with Crippen LogP contribution in [0.1, 0.15) is 46.0 Å². The second-order valence-corrected chi connectivity index (χ2v) is 12.9. The number of carbonyl (C=O) groups is 3. The molecule has 3 aliphatic heterocycles. The molecule has 42 heavy (non-hydrogen) atoms. The van der Waals surface area contributed by atoms with Gasteiger partial charge in [-0.3, -0.25) is 14.4 Å². The molecule has 1 spiro atoms. The Labute approximate surface area is 251 Å². The molecule has 3 heterocycles. The van der Waals surface area contributed by atoms with Gasteiger partial charge < -0.3 is 30.1 Å². The van der Waals surface area contributed by atoms with Crippen LogP contribution in [-0.2, 0) is 14.4 Å². The van der Waals surface area contributed by atoms with Crippen LogP contribution >= 0.6 is 11.8 Å². The van der Waals surface area contributed by atoms with E-state index in [1.807, 2.05) is 31.2 Å². The summed E-state index contributed by atoms with van der Waals surface area (Å²) in [5.74, 6) is -0.120. The maximum Gasteiger partial charge on any atom is 0.248 e. The fourth-order valence-electron chi connectivity index (χ4n) is 7.02. The van der Waals surface area contributed by atoms with Gasteiger partial charge in [0.2, 0.25) is 17.7 Å². The Morgan fingerprint density at radius 2 is 1.60 bits per heavy atom. The first kappa shape index (κ1) is 30.2. The highest BCUT2D eigenvalue weighted by Crippen LogP contribution is 2.68. The zero-order valence-electron chi connectivity index (χ0n) is 24.5. The van der Waals surface area contributed by atoms with Crippen molar-refractivity contribution >= 4 is 40.9 Å². The number of amides is 3. The number of nitrogens with one attached hydrogen (secondary N) is 2. The standard InChI is InChI=1S/C32H41N3O6S/c1-4-41-24-15-11-21(12-16-24)33-29(37)26-25-19-20(2)32(42-25)27(26)31(39)35(17-7-5-6-8-18-36)28(32)30(38)34-22-9-13-23(40-3)14-10-22/h9-16,20,25-28,36H,4-8,17-19H2,1-3H3,(H,33,37)(H,34,38)/t20?,25-,26+,27+,28?,32?/m1/s1. The number of hydrogen-bond acceptors (Lipinski definition) is 7. The average Bonchev–Trinajstić information content (AvgIpc) is 3.58. The molecule has 0 aliphatic carbocycles. The van der Waals surface area contributed by atoms with E-state index in [-0.39, 0.29) is 35.5 Å². The molecule has 5 rings (SSSR count). The van der Waals surface area contributed by atoms with Gasteiger partial charge in [-0.1, -0.05) is 19.8 Å². The number of ether oxygens (including phenoxy) is 2. The summed E-state index contributed by atoms with van der Waals surface area (Å²) in [6, 6.07) is 13.7. The van der Waals surface area contributed by atoms with Crippen LogP contribution in [0.3, 0.4) is 0 Å². The number of methoxy groups -OCH3 is 1. The molecule has 2 aromatic carbocycles. The number of aliphatic hydroxyl groups is 1. The maximum absolute atomic E-state index is 14.3. The Hall–Kier alpha value is -3.24. The Kier molecular flexibility index (Phi) is 9.32. The number of unbranched alkanes of at least 4 members (excludes halogenated alkanes) is 3. The number of carbonyl (C=O) groups excluding carboxylic acids is 3. The zero-order chi connectivity index (χ0) is 29.9. The van der Waals surface area contributed by atoms with E-state index in [2.05, 4.69) is 17.6 Å². The number of thioether (sulfide) groups is 1. The first-order chi connectivity index (χ1) is 20.3. The van der Waals surface area contributed by atoms with Crippen molar-refractivity contribution in [3.8, 4) is 11.5 Å². The Morgan fingerprint density at radius 1 is 0.976 bits per heavy atom. The minimum absolute atomic E-state index is 0.0420. The third-order valence-corrected chi connectivity index (χ3v) is 11.0. The molecule has 10 heteroatoms. The monoisotopic (exact) mass is 595 g/mol. The van der Waals surface area contributed by atoms with Crippen LogP contribution in [0.2, 0.25) is 0 Å². The van der Waals surface area contributed by atoms with Crippen molar-refractivity contribution < 1.29 is 29.0 Å². The minimum Gasteiger partial charge on any atom is -0.497 e. The van der Waals surface area contributed by atoms with Gasteiger partial charge in [-0.15, -0.1) is 11.8 Å². The number of aliphatic hydroxyl groups excluding tert-OH is 1. The van der Waals surface area contributed by atoms with Gasteiger partial charge in [-0.2, -0.15) is 0 Å². The Bertz CT molecular complexity index is 1270. The molecule has 6 atom stereocenters. The van der Waals surface area contributed by atoms with Gasteiger partial charge in [-0.05, 0) is 80.6 Å². The van der Waals surface area contributed by atoms with Crippen molar-refractivity contribution in [2.24, 2.45) is 17.8 Å². The normalized spacial score (nSPS) is 27.6. The fraction of sp³-hybridized carbons (Fsp3) is 0.531. The first-order valence-electron chi connectivity index (χ1n) is 14.9. The van der Waals surface area contributed by atoms with E-state index < -0.39 is 22.6 Å². The highest BCUT2D eigenvalue weighted by atomic mass is 32.2. The van der Waals surface area contributed by atoms with Gasteiger partial charge in [0.25, 0.3) is 0 Å². The summed E-state index contributed by atoms with van der Waals surface area (Å²) in [5.41, 5.74) is 1.28. The first-order valence-corrected chi connectivity index (χ1v) is 15.8. The predicted molar refractivity (Wildman–Crippen MR) is 164 cm³/mol. The lowest BCUT2D eigenvalue weighted by Crippen LogP contribution is -2.54. The van der Waals surface area contributed by atoms with E-state index in [1.54, 1.807) is 48.0 Å². The quantitative estimate of drug-likeness (QED) is 0.291. The summed E-state index contributed by atoms with van der Waals surface area (Å²) in [6.07, 6.45) is 3.92. The highest BCUT2D eigenvalue weighted by molar-refractivity contribution is 8.02. The van der Waals surface area contributed by atoms with Crippen molar-refractivity contribution in [3.05, 3.63) is 48.5 Å².